The first-order chi connectivity index (χ1) is 28.1. The van der Waals surface area contributed by atoms with Crippen molar-refractivity contribution in [2.45, 2.75) is 26.2 Å². The van der Waals surface area contributed by atoms with E-state index >= 15 is 0 Å². The third kappa shape index (κ3) is 5.51. The maximum atomic E-state index is 5.22. The van der Waals surface area contributed by atoms with E-state index in [1.54, 1.807) is 0 Å². The average molecular weight is 731 g/mol. The minimum atomic E-state index is 0.206. The van der Waals surface area contributed by atoms with Crippen LogP contribution in [0, 0.1) is 11.8 Å². The number of allylic oxidation sites excluding steroid dienone is 2. The highest BCUT2D eigenvalue weighted by Crippen LogP contribution is 2.49. The van der Waals surface area contributed by atoms with Crippen molar-refractivity contribution in [2.75, 3.05) is 0 Å². The van der Waals surface area contributed by atoms with Crippen LogP contribution >= 0.6 is 0 Å². The van der Waals surface area contributed by atoms with Gasteiger partial charge in [0.1, 0.15) is 5.82 Å². The molecule has 0 N–H and O–H groups in total. The molecule has 0 bridgehead atoms. The third-order valence-electron chi connectivity index (χ3n) is 12.5. The van der Waals surface area contributed by atoms with E-state index < -0.39 is 0 Å². The molecule has 0 saturated heterocycles. The highest BCUT2D eigenvalue weighted by atomic mass is 15.1. The number of rotatable bonds is 5. The maximum Gasteiger partial charge on any atom is 0.145 e. The number of hydrogen-bond acceptors (Lipinski definition) is 1. The van der Waals surface area contributed by atoms with Crippen LogP contribution in [0.2, 0.25) is 0 Å². The largest absolute Gasteiger partial charge is 0.296 e. The second-order valence-corrected chi connectivity index (χ2v) is 16.0. The molecule has 0 amide bonds. The summed E-state index contributed by atoms with van der Waals surface area (Å²) in [6.07, 6.45) is 10.2. The fraction of sp³-hybridized carbons (Fsp3) is 0.109. The van der Waals surface area contributed by atoms with Gasteiger partial charge in [0.15, 0.2) is 0 Å². The molecule has 2 aliphatic rings. The Hall–Kier alpha value is -6.77. The molecule has 0 fully saturated rings. The van der Waals surface area contributed by atoms with Crippen LogP contribution in [0.25, 0.3) is 83.8 Å². The Morgan fingerprint density at radius 1 is 0.544 bits per heavy atom. The van der Waals surface area contributed by atoms with Gasteiger partial charge in [-0.25, -0.2) is 4.98 Å². The van der Waals surface area contributed by atoms with Crippen molar-refractivity contribution >= 4 is 44.5 Å². The fourth-order valence-electron chi connectivity index (χ4n) is 9.76. The zero-order chi connectivity index (χ0) is 38.0. The van der Waals surface area contributed by atoms with E-state index in [9.17, 15) is 0 Å². The molecule has 2 aliphatic carbocycles. The molecule has 3 unspecified atom stereocenters. The van der Waals surface area contributed by atoms with Crippen LogP contribution in [0.4, 0.5) is 0 Å². The number of para-hydroxylation sites is 1. The standard InChI is InChI=1S/C55H42N2/c1-35-23-32-50-51(33-35)57(42-16-4-3-5-17-42)55(56-50)40-28-26-37(27-29-40)41-30-31-48-49(34-41)54(52-36(2)24-25-39-14-7-9-19-44(39)52)47-21-11-10-20-46(47)53(48)45-22-12-15-38-13-6-8-18-43(38)45/h3-32,34-36,52H,33H2,1-2H3. The van der Waals surface area contributed by atoms with Gasteiger partial charge in [0.05, 0.1) is 11.4 Å². The van der Waals surface area contributed by atoms with E-state index in [2.05, 4.69) is 207 Å². The van der Waals surface area contributed by atoms with E-state index in [1.807, 2.05) is 0 Å². The molecule has 0 aliphatic heterocycles. The number of benzene rings is 8. The maximum absolute atomic E-state index is 5.22. The van der Waals surface area contributed by atoms with Crippen molar-refractivity contribution in [3.63, 3.8) is 0 Å². The number of hydrogen-bond donors (Lipinski definition) is 0. The quantitative estimate of drug-likeness (QED) is 0.161. The fourth-order valence-corrected chi connectivity index (χ4v) is 9.76. The van der Waals surface area contributed by atoms with Gasteiger partial charge in [0.2, 0.25) is 0 Å². The van der Waals surface area contributed by atoms with Crippen LogP contribution in [0.5, 0.6) is 0 Å². The average Bonchev–Trinajstić information content (AvgIpc) is 3.64. The van der Waals surface area contributed by atoms with Gasteiger partial charge in [-0.05, 0) is 114 Å². The number of nitrogens with zero attached hydrogens (tertiary/aromatic N) is 2. The summed E-state index contributed by atoms with van der Waals surface area (Å²) >= 11 is 0. The Morgan fingerprint density at radius 2 is 1.23 bits per heavy atom. The van der Waals surface area contributed by atoms with Gasteiger partial charge in [-0.15, -0.1) is 0 Å². The highest BCUT2D eigenvalue weighted by molar-refractivity contribution is 6.19. The molecule has 0 radical (unpaired) electrons. The minimum absolute atomic E-state index is 0.206. The lowest BCUT2D eigenvalue weighted by molar-refractivity contribution is 0.626. The first-order valence-corrected chi connectivity index (χ1v) is 20.3. The van der Waals surface area contributed by atoms with Crippen molar-refractivity contribution in [1.29, 1.82) is 0 Å². The first-order valence-electron chi connectivity index (χ1n) is 20.3. The molecule has 11 rings (SSSR count). The molecule has 3 atom stereocenters. The van der Waals surface area contributed by atoms with Crippen molar-refractivity contribution in [2.24, 2.45) is 11.8 Å². The number of imidazole rings is 1. The molecule has 1 heterocycles. The molecule has 1 aromatic heterocycles. The molecule has 8 aromatic carbocycles. The first kappa shape index (κ1) is 33.6. The summed E-state index contributed by atoms with van der Waals surface area (Å²) in [7, 11) is 0. The van der Waals surface area contributed by atoms with Crippen LogP contribution in [-0.4, -0.2) is 9.55 Å². The van der Waals surface area contributed by atoms with Gasteiger partial charge in [0.25, 0.3) is 0 Å². The van der Waals surface area contributed by atoms with Gasteiger partial charge >= 0.3 is 0 Å². The van der Waals surface area contributed by atoms with E-state index in [-0.39, 0.29) is 5.92 Å². The molecular formula is C55H42N2. The van der Waals surface area contributed by atoms with Gasteiger partial charge in [-0.1, -0.05) is 178 Å². The normalized spacial score (nSPS) is 17.3. The van der Waals surface area contributed by atoms with Crippen molar-refractivity contribution < 1.29 is 0 Å². The summed E-state index contributed by atoms with van der Waals surface area (Å²) in [4.78, 5) is 5.22. The Bertz CT molecular complexity index is 3070. The van der Waals surface area contributed by atoms with Crippen molar-refractivity contribution in [1.82, 2.24) is 9.55 Å². The summed E-state index contributed by atoms with van der Waals surface area (Å²) in [5.41, 5.74) is 13.7. The Balaban J connectivity index is 1.13. The van der Waals surface area contributed by atoms with E-state index in [0.717, 1.165) is 29.2 Å². The van der Waals surface area contributed by atoms with Crippen LogP contribution in [0.1, 0.15) is 47.8 Å². The smallest absolute Gasteiger partial charge is 0.145 e. The highest BCUT2D eigenvalue weighted by Gasteiger charge is 2.30. The summed E-state index contributed by atoms with van der Waals surface area (Å²) in [5, 5.41) is 7.76. The van der Waals surface area contributed by atoms with Crippen LogP contribution in [0.15, 0.2) is 176 Å². The summed E-state index contributed by atoms with van der Waals surface area (Å²) in [5.74, 6) is 2.00. The monoisotopic (exact) mass is 730 g/mol. The topological polar surface area (TPSA) is 17.8 Å². The summed E-state index contributed by atoms with van der Waals surface area (Å²) in [6.45, 7) is 4.66. The summed E-state index contributed by atoms with van der Waals surface area (Å²) in [6, 6.07) is 60.6. The van der Waals surface area contributed by atoms with Gasteiger partial charge < -0.3 is 0 Å². The van der Waals surface area contributed by atoms with Crippen LogP contribution in [-0.2, 0) is 6.42 Å². The molecule has 57 heavy (non-hydrogen) atoms. The predicted molar refractivity (Wildman–Crippen MR) is 241 cm³/mol. The second-order valence-electron chi connectivity index (χ2n) is 16.0. The molecule has 0 saturated carbocycles. The van der Waals surface area contributed by atoms with Crippen molar-refractivity contribution in [3.05, 3.63) is 204 Å². The SMILES string of the molecule is CC1C=Cc2nc(-c3ccc(-c4ccc5c(-c6cccc7ccccc67)c6ccccc6c(C6c7ccccc7C=CC6C)c5c4)cc3)n(-c3ccccc3)c2C1. The zero-order valence-corrected chi connectivity index (χ0v) is 32.2. The van der Waals surface area contributed by atoms with Crippen LogP contribution in [0.3, 0.4) is 0 Å². The second kappa shape index (κ2) is 13.5. The minimum Gasteiger partial charge on any atom is -0.296 e. The Labute approximate surface area is 334 Å². The molecule has 9 aromatic rings. The number of fused-ring (bicyclic) bond motifs is 5. The number of aromatic nitrogens is 2. The Morgan fingerprint density at radius 3 is 2.09 bits per heavy atom. The third-order valence-corrected chi connectivity index (χ3v) is 12.5. The lowest BCUT2D eigenvalue weighted by Crippen LogP contribution is -2.15. The van der Waals surface area contributed by atoms with Crippen molar-refractivity contribution in [3.8, 4) is 39.3 Å². The van der Waals surface area contributed by atoms with Gasteiger partial charge in [-0.3, -0.25) is 4.57 Å². The van der Waals surface area contributed by atoms with E-state index in [4.69, 9.17) is 4.98 Å². The summed E-state index contributed by atoms with van der Waals surface area (Å²) < 4.78 is 2.37. The lowest BCUT2D eigenvalue weighted by atomic mass is 9.72. The molecule has 2 heteroatoms. The van der Waals surface area contributed by atoms with Crippen LogP contribution < -0.4 is 0 Å². The Kier molecular flexibility index (Phi) is 7.93. The molecule has 0 spiro atoms. The van der Waals surface area contributed by atoms with Gasteiger partial charge in [-0.2, -0.15) is 0 Å². The van der Waals surface area contributed by atoms with E-state index in [0.29, 0.717) is 11.8 Å². The predicted octanol–water partition coefficient (Wildman–Crippen LogP) is 14.3. The lowest BCUT2D eigenvalue weighted by Gasteiger charge is -2.31. The molecule has 272 valence electrons. The van der Waals surface area contributed by atoms with Gasteiger partial charge in [0, 0.05) is 17.2 Å². The van der Waals surface area contributed by atoms with E-state index in [1.165, 1.54) is 77.0 Å². The molecular weight excluding hydrogens is 689 g/mol. The zero-order valence-electron chi connectivity index (χ0n) is 32.2. The molecule has 2 nitrogen and oxygen atoms in total.